The number of para-hydroxylation sites is 1. The van der Waals surface area contributed by atoms with E-state index in [-0.39, 0.29) is 24.2 Å². The van der Waals surface area contributed by atoms with Gasteiger partial charge in [0.25, 0.3) is 5.91 Å². The highest BCUT2D eigenvalue weighted by atomic mass is 32.2. The molecular formula is C20H23FN2O4S. The van der Waals surface area contributed by atoms with Crippen molar-refractivity contribution >= 4 is 21.6 Å². The summed E-state index contributed by atoms with van der Waals surface area (Å²) < 4.78 is 44.9. The summed E-state index contributed by atoms with van der Waals surface area (Å²) >= 11 is 0. The number of halogens is 1. The number of benzene rings is 2. The lowest BCUT2D eigenvalue weighted by Gasteiger charge is -2.23. The zero-order valence-electron chi connectivity index (χ0n) is 15.6. The number of rotatable bonds is 7. The quantitative estimate of drug-likeness (QED) is 0.767. The third-order valence-corrected chi connectivity index (χ3v) is 5.70. The molecule has 8 heteroatoms. The van der Waals surface area contributed by atoms with Crippen molar-refractivity contribution < 1.29 is 22.3 Å². The van der Waals surface area contributed by atoms with Crippen molar-refractivity contribution in [2.45, 2.75) is 25.5 Å². The molecule has 0 aromatic heterocycles. The highest BCUT2D eigenvalue weighted by Crippen LogP contribution is 2.24. The van der Waals surface area contributed by atoms with Crippen molar-refractivity contribution in [3.8, 4) is 0 Å². The molecule has 2 aromatic rings. The lowest BCUT2D eigenvalue weighted by atomic mass is 10.1. The molecule has 1 N–H and O–H groups in total. The van der Waals surface area contributed by atoms with E-state index in [1.54, 1.807) is 30.3 Å². The number of hydrogen-bond donors (Lipinski definition) is 1. The van der Waals surface area contributed by atoms with Gasteiger partial charge in [0.1, 0.15) is 5.82 Å². The van der Waals surface area contributed by atoms with E-state index in [0.717, 1.165) is 30.0 Å². The number of amides is 1. The fraction of sp³-hybridized carbons (Fsp3) is 0.350. The Balaban J connectivity index is 1.69. The number of anilines is 1. The number of nitrogens with one attached hydrogen (secondary N) is 1. The summed E-state index contributed by atoms with van der Waals surface area (Å²) in [5, 5.41) is 2.84. The van der Waals surface area contributed by atoms with Crippen LogP contribution in [0.1, 0.15) is 28.8 Å². The first-order chi connectivity index (χ1) is 13.3. The van der Waals surface area contributed by atoms with Gasteiger partial charge < -0.3 is 10.1 Å². The van der Waals surface area contributed by atoms with Crippen LogP contribution in [0.15, 0.2) is 48.5 Å². The number of carbonyl (C=O) groups excluding carboxylic acids is 1. The summed E-state index contributed by atoms with van der Waals surface area (Å²) in [6.07, 6.45) is 3.05. The molecule has 3 rings (SSSR count). The van der Waals surface area contributed by atoms with Crippen LogP contribution in [0, 0.1) is 5.82 Å². The van der Waals surface area contributed by atoms with Crippen LogP contribution < -0.4 is 9.62 Å². The topological polar surface area (TPSA) is 75.7 Å². The van der Waals surface area contributed by atoms with Gasteiger partial charge in [0.15, 0.2) is 0 Å². The molecule has 1 aliphatic heterocycles. The molecule has 0 aliphatic carbocycles. The van der Waals surface area contributed by atoms with Crippen LogP contribution in [-0.2, 0) is 21.3 Å². The van der Waals surface area contributed by atoms with Crippen molar-refractivity contribution in [3.63, 3.8) is 0 Å². The van der Waals surface area contributed by atoms with Gasteiger partial charge in [-0.2, -0.15) is 0 Å². The first-order valence-corrected chi connectivity index (χ1v) is 10.9. The minimum atomic E-state index is -3.68. The van der Waals surface area contributed by atoms with Crippen molar-refractivity contribution in [2.75, 3.05) is 23.7 Å². The largest absolute Gasteiger partial charge is 0.376 e. The molecule has 2 aromatic carbocycles. The first kappa shape index (κ1) is 20.3. The number of sulfonamides is 1. The molecule has 0 spiro atoms. The molecule has 1 atom stereocenters. The summed E-state index contributed by atoms with van der Waals surface area (Å²) in [5.74, 6) is -0.825. The smallest absolute Gasteiger partial charge is 0.251 e. The third kappa shape index (κ3) is 5.08. The van der Waals surface area contributed by atoms with Gasteiger partial charge in [-0.15, -0.1) is 0 Å². The van der Waals surface area contributed by atoms with Gasteiger partial charge in [0, 0.05) is 18.7 Å². The maximum Gasteiger partial charge on any atom is 0.251 e. The van der Waals surface area contributed by atoms with E-state index in [2.05, 4.69) is 5.32 Å². The molecule has 150 valence electrons. The van der Waals surface area contributed by atoms with Crippen LogP contribution in [0.2, 0.25) is 0 Å². The molecule has 1 amide bonds. The molecule has 1 aliphatic rings. The Morgan fingerprint density at radius 1 is 1.21 bits per heavy atom. The van der Waals surface area contributed by atoms with E-state index in [1.165, 1.54) is 18.2 Å². The Morgan fingerprint density at radius 2 is 1.93 bits per heavy atom. The molecule has 0 unspecified atom stereocenters. The van der Waals surface area contributed by atoms with Crippen LogP contribution in [0.25, 0.3) is 0 Å². The van der Waals surface area contributed by atoms with Crippen LogP contribution >= 0.6 is 0 Å². The van der Waals surface area contributed by atoms with Crippen LogP contribution in [0.5, 0.6) is 0 Å². The molecule has 0 radical (unpaired) electrons. The Hall–Kier alpha value is -2.45. The summed E-state index contributed by atoms with van der Waals surface area (Å²) in [6, 6.07) is 12.3. The summed E-state index contributed by atoms with van der Waals surface area (Å²) in [4.78, 5) is 12.2. The molecule has 0 saturated carbocycles. The molecule has 1 fully saturated rings. The van der Waals surface area contributed by atoms with E-state index in [0.29, 0.717) is 17.7 Å². The van der Waals surface area contributed by atoms with Crippen LogP contribution in [-0.4, -0.2) is 39.8 Å². The predicted octanol–water partition coefficient (Wildman–Crippen LogP) is 2.70. The standard InChI is InChI=1S/C20H23FN2O4S/c1-28(25,26)23(19-7-3-2-6-18(19)21)14-15-8-10-16(11-9-15)20(24)22-13-17-5-4-12-27-17/h2-3,6-11,17H,4-5,12-14H2,1H3,(H,22,24)/t17-/m0/s1. The average Bonchev–Trinajstić information content (AvgIpc) is 3.18. The number of hydrogen-bond acceptors (Lipinski definition) is 4. The molecular weight excluding hydrogens is 383 g/mol. The zero-order chi connectivity index (χ0) is 20.1. The number of carbonyl (C=O) groups is 1. The average molecular weight is 406 g/mol. The SMILES string of the molecule is CS(=O)(=O)N(Cc1ccc(C(=O)NC[C@@H]2CCCO2)cc1)c1ccccc1F. The second-order valence-corrected chi connectivity index (χ2v) is 8.67. The minimum absolute atomic E-state index is 0.0108. The van der Waals surface area contributed by atoms with Crippen LogP contribution in [0.3, 0.4) is 0 Å². The van der Waals surface area contributed by atoms with Crippen LogP contribution in [0.4, 0.5) is 10.1 Å². The fourth-order valence-electron chi connectivity index (χ4n) is 3.08. The molecule has 1 saturated heterocycles. The van der Waals surface area contributed by atoms with Gasteiger partial charge in [-0.25, -0.2) is 12.8 Å². The lowest BCUT2D eigenvalue weighted by Crippen LogP contribution is -2.32. The Kier molecular flexibility index (Phi) is 6.31. The van der Waals surface area contributed by atoms with E-state index >= 15 is 0 Å². The summed E-state index contributed by atoms with van der Waals surface area (Å²) in [6.45, 7) is 1.17. The second-order valence-electron chi connectivity index (χ2n) is 6.76. The van der Waals surface area contributed by atoms with E-state index in [9.17, 15) is 17.6 Å². The highest BCUT2D eigenvalue weighted by molar-refractivity contribution is 7.92. The second kappa shape index (κ2) is 8.70. The zero-order valence-corrected chi connectivity index (χ0v) is 16.4. The minimum Gasteiger partial charge on any atom is -0.376 e. The number of ether oxygens (including phenoxy) is 1. The fourth-order valence-corrected chi connectivity index (χ4v) is 3.97. The molecule has 1 heterocycles. The van der Waals surface area contributed by atoms with Gasteiger partial charge in [0.05, 0.1) is 24.6 Å². The molecule has 6 nitrogen and oxygen atoms in total. The van der Waals surface area contributed by atoms with Gasteiger partial charge in [-0.1, -0.05) is 24.3 Å². The van der Waals surface area contributed by atoms with Gasteiger partial charge >= 0.3 is 0 Å². The van der Waals surface area contributed by atoms with Gasteiger partial charge in [-0.3, -0.25) is 9.10 Å². The maximum atomic E-state index is 14.1. The Morgan fingerprint density at radius 3 is 2.54 bits per heavy atom. The van der Waals surface area contributed by atoms with E-state index in [1.807, 2.05) is 0 Å². The Bertz CT molecular complexity index is 925. The van der Waals surface area contributed by atoms with Crippen molar-refractivity contribution in [1.29, 1.82) is 0 Å². The third-order valence-electron chi connectivity index (χ3n) is 4.58. The monoisotopic (exact) mass is 406 g/mol. The van der Waals surface area contributed by atoms with Gasteiger partial charge in [-0.05, 0) is 42.7 Å². The first-order valence-electron chi connectivity index (χ1n) is 9.05. The number of nitrogens with zero attached hydrogens (tertiary/aromatic N) is 1. The highest BCUT2D eigenvalue weighted by Gasteiger charge is 2.21. The van der Waals surface area contributed by atoms with Crippen molar-refractivity contribution in [1.82, 2.24) is 5.32 Å². The normalized spacial score (nSPS) is 16.7. The summed E-state index contributed by atoms with van der Waals surface area (Å²) in [7, 11) is -3.68. The Labute approximate surface area is 164 Å². The van der Waals surface area contributed by atoms with E-state index < -0.39 is 15.8 Å². The van der Waals surface area contributed by atoms with Crippen molar-refractivity contribution in [3.05, 3.63) is 65.5 Å². The molecule has 0 bridgehead atoms. The maximum absolute atomic E-state index is 14.1. The predicted molar refractivity (Wildman–Crippen MR) is 105 cm³/mol. The van der Waals surface area contributed by atoms with E-state index in [4.69, 9.17) is 4.74 Å². The lowest BCUT2D eigenvalue weighted by molar-refractivity contribution is 0.0858. The molecule has 28 heavy (non-hydrogen) atoms. The summed E-state index contributed by atoms with van der Waals surface area (Å²) in [5.41, 5.74) is 1.10. The van der Waals surface area contributed by atoms with Gasteiger partial charge in [0.2, 0.25) is 10.0 Å². The van der Waals surface area contributed by atoms with Crippen molar-refractivity contribution in [2.24, 2.45) is 0 Å².